The van der Waals surface area contributed by atoms with Crippen molar-refractivity contribution in [1.29, 1.82) is 0 Å². The molecule has 0 unspecified atom stereocenters. The summed E-state index contributed by atoms with van der Waals surface area (Å²) in [4.78, 5) is 0. The van der Waals surface area contributed by atoms with Crippen LogP contribution in [0, 0.1) is 6.92 Å². The van der Waals surface area contributed by atoms with Gasteiger partial charge in [-0.1, -0.05) is 35.3 Å². The van der Waals surface area contributed by atoms with Gasteiger partial charge in [0.05, 0.1) is 11.6 Å². The quantitative estimate of drug-likeness (QED) is 0.807. The zero-order chi connectivity index (χ0) is 14.5. The van der Waals surface area contributed by atoms with E-state index in [1.165, 1.54) is 0 Å². The summed E-state index contributed by atoms with van der Waals surface area (Å²) in [6, 6.07) is 11.6. The van der Waals surface area contributed by atoms with Crippen LogP contribution in [0.4, 0.5) is 5.69 Å². The van der Waals surface area contributed by atoms with E-state index < -0.39 is 0 Å². The molecule has 0 radical (unpaired) electrons. The molecule has 4 heteroatoms. The van der Waals surface area contributed by atoms with E-state index in [4.69, 9.17) is 27.9 Å². The Hall–Kier alpha value is -1.38. The molecule has 2 aromatic carbocycles. The summed E-state index contributed by atoms with van der Waals surface area (Å²) in [6.45, 7) is 5.23. The average Bonchev–Trinajstić information content (AvgIpc) is 2.43. The predicted molar refractivity (Wildman–Crippen MR) is 86.1 cm³/mol. The monoisotopic (exact) mass is 309 g/mol. The van der Waals surface area contributed by atoms with E-state index >= 15 is 0 Å². The van der Waals surface area contributed by atoms with Gasteiger partial charge in [-0.3, -0.25) is 0 Å². The highest BCUT2D eigenvalue weighted by atomic mass is 35.5. The van der Waals surface area contributed by atoms with Crippen LogP contribution in [-0.2, 0) is 6.54 Å². The third-order valence-electron chi connectivity index (χ3n) is 3.05. The molecule has 20 heavy (non-hydrogen) atoms. The minimum absolute atomic E-state index is 0.610. The molecular formula is C16H17Cl2NO. The number of nitrogens with one attached hydrogen (secondary N) is 1. The fraction of sp³-hybridized carbons (Fsp3) is 0.250. The number of rotatable bonds is 5. The van der Waals surface area contributed by atoms with Gasteiger partial charge in [-0.25, -0.2) is 0 Å². The zero-order valence-corrected chi connectivity index (χ0v) is 13.1. The van der Waals surface area contributed by atoms with Gasteiger partial charge >= 0.3 is 0 Å². The zero-order valence-electron chi connectivity index (χ0n) is 11.5. The molecule has 0 fully saturated rings. The molecule has 0 aliphatic carbocycles. The van der Waals surface area contributed by atoms with E-state index in [1.807, 2.05) is 50.2 Å². The van der Waals surface area contributed by atoms with E-state index in [0.717, 1.165) is 27.6 Å². The van der Waals surface area contributed by atoms with Gasteiger partial charge in [0.2, 0.25) is 0 Å². The van der Waals surface area contributed by atoms with E-state index in [1.54, 1.807) is 0 Å². The first-order chi connectivity index (χ1) is 9.61. The average molecular weight is 310 g/mol. The molecule has 2 nitrogen and oxygen atoms in total. The van der Waals surface area contributed by atoms with Crippen molar-refractivity contribution in [3.05, 3.63) is 57.6 Å². The van der Waals surface area contributed by atoms with Crippen molar-refractivity contribution >= 4 is 28.9 Å². The molecule has 0 bridgehead atoms. The number of halogens is 2. The van der Waals surface area contributed by atoms with Gasteiger partial charge in [-0.15, -0.1) is 0 Å². The molecule has 2 aromatic rings. The molecule has 0 heterocycles. The number of benzene rings is 2. The number of anilines is 1. The Bertz CT molecular complexity index is 599. The maximum Gasteiger partial charge on any atom is 0.137 e. The van der Waals surface area contributed by atoms with E-state index in [9.17, 15) is 0 Å². The second-order valence-electron chi connectivity index (χ2n) is 4.46. The largest absolute Gasteiger partial charge is 0.492 e. The number of hydrogen-bond acceptors (Lipinski definition) is 2. The first-order valence-corrected chi connectivity index (χ1v) is 7.27. The van der Waals surface area contributed by atoms with Crippen LogP contribution in [-0.4, -0.2) is 6.61 Å². The fourth-order valence-corrected chi connectivity index (χ4v) is 2.36. The van der Waals surface area contributed by atoms with Gasteiger partial charge in [-0.2, -0.15) is 0 Å². The van der Waals surface area contributed by atoms with Crippen molar-refractivity contribution < 1.29 is 4.74 Å². The lowest BCUT2D eigenvalue weighted by Crippen LogP contribution is -2.01. The van der Waals surface area contributed by atoms with Crippen LogP contribution in [0.15, 0.2) is 36.4 Å². The Kier molecular flexibility index (Phi) is 5.16. The van der Waals surface area contributed by atoms with Crippen LogP contribution in [0.2, 0.25) is 10.0 Å². The van der Waals surface area contributed by atoms with Crippen LogP contribution in [0.1, 0.15) is 18.1 Å². The van der Waals surface area contributed by atoms with Crippen LogP contribution >= 0.6 is 23.2 Å². The molecule has 106 valence electrons. The Morgan fingerprint density at radius 2 is 1.90 bits per heavy atom. The van der Waals surface area contributed by atoms with Crippen LogP contribution in [0.3, 0.4) is 0 Å². The second-order valence-corrected chi connectivity index (χ2v) is 5.28. The predicted octanol–water partition coefficient (Wildman–Crippen LogP) is 5.31. The molecule has 0 aliphatic heterocycles. The standard InChI is InChI=1S/C16H17Cl2NO/c1-3-20-16-8-7-12(9-14(16)18)10-19-15-6-4-5-13(17)11(15)2/h4-9,19H,3,10H2,1-2H3. The van der Waals surface area contributed by atoms with Crippen molar-refractivity contribution in [2.24, 2.45) is 0 Å². The maximum atomic E-state index is 6.17. The van der Waals surface area contributed by atoms with Crippen molar-refractivity contribution in [2.45, 2.75) is 20.4 Å². The lowest BCUT2D eigenvalue weighted by molar-refractivity contribution is 0.340. The lowest BCUT2D eigenvalue weighted by Gasteiger charge is -2.12. The molecule has 0 spiro atoms. The summed E-state index contributed by atoms with van der Waals surface area (Å²) in [6.07, 6.45) is 0. The smallest absolute Gasteiger partial charge is 0.137 e. The maximum absolute atomic E-state index is 6.17. The Morgan fingerprint density at radius 3 is 2.60 bits per heavy atom. The molecule has 0 aliphatic rings. The molecule has 0 amide bonds. The molecule has 0 aromatic heterocycles. The van der Waals surface area contributed by atoms with Crippen LogP contribution in [0.25, 0.3) is 0 Å². The fourth-order valence-electron chi connectivity index (χ4n) is 1.92. The van der Waals surface area contributed by atoms with Crippen molar-refractivity contribution in [1.82, 2.24) is 0 Å². The Morgan fingerprint density at radius 1 is 1.10 bits per heavy atom. The summed E-state index contributed by atoms with van der Waals surface area (Å²) in [5.41, 5.74) is 3.17. The third-order valence-corrected chi connectivity index (χ3v) is 3.75. The van der Waals surface area contributed by atoms with E-state index in [2.05, 4.69) is 5.32 Å². The van der Waals surface area contributed by atoms with Gasteiger partial charge in [-0.05, 0) is 49.2 Å². The van der Waals surface area contributed by atoms with E-state index in [0.29, 0.717) is 18.2 Å². The minimum atomic E-state index is 0.610. The normalized spacial score (nSPS) is 10.4. The highest BCUT2D eigenvalue weighted by Gasteiger charge is 2.04. The van der Waals surface area contributed by atoms with Crippen LogP contribution < -0.4 is 10.1 Å². The second kappa shape index (κ2) is 6.87. The topological polar surface area (TPSA) is 21.3 Å². The lowest BCUT2D eigenvalue weighted by atomic mass is 10.1. The minimum Gasteiger partial charge on any atom is -0.492 e. The molecule has 0 saturated heterocycles. The highest BCUT2D eigenvalue weighted by molar-refractivity contribution is 6.32. The Balaban J connectivity index is 2.07. The third kappa shape index (κ3) is 3.59. The summed E-state index contributed by atoms with van der Waals surface area (Å²) < 4.78 is 5.42. The summed E-state index contributed by atoms with van der Waals surface area (Å²) in [7, 11) is 0. The molecule has 0 saturated carbocycles. The van der Waals surface area contributed by atoms with Crippen molar-refractivity contribution in [3.63, 3.8) is 0 Å². The van der Waals surface area contributed by atoms with Gasteiger partial charge in [0, 0.05) is 17.3 Å². The van der Waals surface area contributed by atoms with Gasteiger partial charge in [0.15, 0.2) is 0 Å². The highest BCUT2D eigenvalue weighted by Crippen LogP contribution is 2.27. The van der Waals surface area contributed by atoms with Crippen molar-refractivity contribution in [3.8, 4) is 5.75 Å². The first kappa shape index (κ1) is 15.0. The summed E-state index contributed by atoms with van der Waals surface area (Å²) >= 11 is 12.3. The molecular weight excluding hydrogens is 293 g/mol. The summed E-state index contributed by atoms with van der Waals surface area (Å²) in [5, 5.41) is 4.76. The summed E-state index contributed by atoms with van der Waals surface area (Å²) in [5.74, 6) is 0.719. The first-order valence-electron chi connectivity index (χ1n) is 6.52. The number of ether oxygens (including phenoxy) is 1. The molecule has 2 rings (SSSR count). The van der Waals surface area contributed by atoms with Gasteiger partial charge in [0.1, 0.15) is 5.75 Å². The van der Waals surface area contributed by atoms with Gasteiger partial charge in [0.25, 0.3) is 0 Å². The Labute approximate surface area is 129 Å². The van der Waals surface area contributed by atoms with E-state index in [-0.39, 0.29) is 0 Å². The molecule has 1 N–H and O–H groups in total. The SMILES string of the molecule is CCOc1ccc(CNc2cccc(Cl)c2C)cc1Cl. The van der Waals surface area contributed by atoms with Gasteiger partial charge < -0.3 is 10.1 Å². The number of hydrogen-bond donors (Lipinski definition) is 1. The molecule has 0 atom stereocenters. The van der Waals surface area contributed by atoms with Crippen LogP contribution in [0.5, 0.6) is 5.75 Å². The van der Waals surface area contributed by atoms with Crippen molar-refractivity contribution in [2.75, 3.05) is 11.9 Å².